The van der Waals surface area contributed by atoms with E-state index >= 15 is 0 Å². The summed E-state index contributed by atoms with van der Waals surface area (Å²) in [6, 6.07) is 41.7. The van der Waals surface area contributed by atoms with Gasteiger partial charge in [0.2, 0.25) is 5.91 Å². The van der Waals surface area contributed by atoms with E-state index in [-0.39, 0.29) is 150 Å². The lowest BCUT2D eigenvalue weighted by atomic mass is 9.82. The largest absolute Gasteiger partial charge is 0.348 e. The lowest BCUT2D eigenvalue weighted by Gasteiger charge is -2.41. The van der Waals surface area contributed by atoms with Crippen molar-refractivity contribution in [1.29, 1.82) is 0 Å². The topological polar surface area (TPSA) is 240 Å². The SMILES string of the molecule is N[C@H](Cc1cc(F)c(F)cc1F)C1C[C@H]2CC[C@@H](C1)N2C(=O)CCS(=O)(=O)Cc1ccccc1.N[C@H](Cc1cc(F)c(F)cc1F)C1C[C@H]2CC[C@@H](C1)N2C(=O)c1cccc(CN2C(=O)c3ccccc3C2=O)c1.N[C@H](Cc1cc(F)c(F)cc1F)C1C[C@H]2CC[C@@H](C1)N2C(=O)c1cccc(CNC(=O)c2ccccc2)c1. The van der Waals surface area contributed by atoms with Crippen molar-refractivity contribution in [3.63, 3.8) is 0 Å². The number of benzene rings is 8. The second-order valence-electron chi connectivity index (χ2n) is 30.8. The molecule has 7 aliphatic rings. The number of nitrogens with zero attached hydrogens (tertiary/aromatic N) is 4. The minimum Gasteiger partial charge on any atom is -0.348 e. The Hall–Kier alpha value is -10.0. The molecule has 6 bridgehead atoms. The van der Waals surface area contributed by atoms with E-state index in [1.54, 1.807) is 103 Å². The van der Waals surface area contributed by atoms with Crippen LogP contribution in [0.2, 0.25) is 0 Å². The molecule has 15 rings (SSSR count). The number of carbonyl (C=O) groups excluding carboxylic acids is 6. The van der Waals surface area contributed by atoms with Crippen molar-refractivity contribution >= 4 is 45.3 Å². The van der Waals surface area contributed by atoms with Crippen molar-refractivity contribution in [3.8, 4) is 0 Å². The quantitative estimate of drug-likeness (QED) is 0.0300. The van der Waals surface area contributed by atoms with Crippen molar-refractivity contribution in [2.45, 2.75) is 176 Å². The van der Waals surface area contributed by atoms with Crippen LogP contribution in [0.25, 0.3) is 0 Å². The Morgan fingerprint density at radius 2 is 0.741 bits per heavy atom. The van der Waals surface area contributed by atoms with Gasteiger partial charge in [-0.25, -0.2) is 47.9 Å². The van der Waals surface area contributed by atoms with E-state index in [1.165, 1.54) is 4.90 Å². The maximum absolute atomic E-state index is 14.2. The Bertz CT molecular complexity index is 4900. The number of fused-ring (bicyclic) bond motifs is 7. The predicted octanol–water partition coefficient (Wildman–Crippen LogP) is 13.6. The van der Waals surface area contributed by atoms with Gasteiger partial charge < -0.3 is 37.2 Å². The Morgan fingerprint density at radius 1 is 0.402 bits per heavy atom. The molecule has 8 aromatic carbocycles. The lowest BCUT2D eigenvalue weighted by molar-refractivity contribution is -0.136. The Kier molecular flexibility index (Phi) is 24.7. The number of piperidine rings is 3. The summed E-state index contributed by atoms with van der Waals surface area (Å²) in [5, 5.41) is 2.89. The Balaban J connectivity index is 0.000000148. The van der Waals surface area contributed by atoms with Crippen LogP contribution in [0.5, 0.6) is 0 Å². The Morgan fingerprint density at radius 3 is 1.15 bits per heavy atom. The first kappa shape index (κ1) is 80.0. The smallest absolute Gasteiger partial charge is 0.261 e. The molecule has 7 aliphatic heterocycles. The summed E-state index contributed by atoms with van der Waals surface area (Å²) < 4.78 is 148. The highest BCUT2D eigenvalue weighted by molar-refractivity contribution is 7.90. The third-order valence-electron chi connectivity index (χ3n) is 23.4. The molecule has 6 amide bonds. The molecule has 588 valence electrons. The normalized spacial score (nSPS) is 22.3. The molecule has 0 saturated carbocycles. The first-order valence-electron chi connectivity index (χ1n) is 38.0. The van der Waals surface area contributed by atoms with Gasteiger partial charge in [0.25, 0.3) is 29.5 Å². The third kappa shape index (κ3) is 18.2. The minimum atomic E-state index is -3.41. The number of halogens is 9. The zero-order valence-corrected chi connectivity index (χ0v) is 62.1. The van der Waals surface area contributed by atoms with Crippen LogP contribution < -0.4 is 22.5 Å². The van der Waals surface area contributed by atoms with Gasteiger partial charge in [-0.15, -0.1) is 0 Å². The highest BCUT2D eigenvalue weighted by atomic mass is 32.2. The van der Waals surface area contributed by atoms with E-state index < -0.39 is 80.3 Å². The van der Waals surface area contributed by atoms with Crippen molar-refractivity contribution in [2.24, 2.45) is 35.0 Å². The molecule has 0 aliphatic carbocycles. The molecule has 0 aromatic heterocycles. The number of rotatable bonds is 21. The highest BCUT2D eigenvalue weighted by Gasteiger charge is 2.48. The van der Waals surface area contributed by atoms with E-state index in [4.69, 9.17) is 17.2 Å². The zero-order chi connectivity index (χ0) is 79.4. The van der Waals surface area contributed by atoms with E-state index in [0.29, 0.717) is 102 Å². The van der Waals surface area contributed by atoms with Crippen LogP contribution in [0.4, 0.5) is 39.5 Å². The minimum absolute atomic E-state index is 0.00854. The second-order valence-corrected chi connectivity index (χ2v) is 33.0. The van der Waals surface area contributed by atoms with E-state index in [9.17, 15) is 76.7 Å². The number of carbonyl (C=O) groups is 6. The average Bonchev–Trinajstić information content (AvgIpc) is 1.62. The van der Waals surface area contributed by atoms with Crippen molar-refractivity contribution in [1.82, 2.24) is 24.9 Å². The van der Waals surface area contributed by atoms with Gasteiger partial charge in [0.15, 0.2) is 44.7 Å². The van der Waals surface area contributed by atoms with Gasteiger partial charge in [-0.3, -0.25) is 33.7 Å². The summed E-state index contributed by atoms with van der Waals surface area (Å²) in [5.74, 6) is -10.8. The monoisotopic (exact) mass is 1560 g/mol. The molecule has 0 radical (unpaired) electrons. The average molecular weight is 1560 g/mol. The fourth-order valence-electron chi connectivity index (χ4n) is 17.8. The lowest BCUT2D eigenvalue weighted by Crippen LogP contribution is -2.50. The molecule has 12 atom stereocenters. The van der Waals surface area contributed by atoms with Crippen LogP contribution in [0, 0.1) is 70.1 Å². The second kappa shape index (κ2) is 34.5. The van der Waals surface area contributed by atoms with Gasteiger partial charge >= 0.3 is 0 Å². The van der Waals surface area contributed by atoms with Gasteiger partial charge in [0, 0.05) is 102 Å². The van der Waals surface area contributed by atoms with Crippen molar-refractivity contribution < 1.29 is 76.7 Å². The Labute approximate surface area is 643 Å². The fraction of sp³-hybridized carbons (Fsp3) is 0.372. The molecule has 8 aromatic rings. The molecule has 112 heavy (non-hydrogen) atoms. The first-order valence-corrected chi connectivity index (χ1v) is 39.8. The zero-order valence-electron chi connectivity index (χ0n) is 61.3. The van der Waals surface area contributed by atoms with Crippen molar-refractivity contribution in [3.05, 3.63) is 283 Å². The van der Waals surface area contributed by atoms with Gasteiger partial charge in [0.05, 0.1) is 29.2 Å². The molecular formula is C86H87F9N8O8S. The number of hydrogen-bond donors (Lipinski definition) is 4. The summed E-state index contributed by atoms with van der Waals surface area (Å²) in [7, 11) is -3.41. The van der Waals surface area contributed by atoms with Gasteiger partial charge in [-0.1, -0.05) is 84.9 Å². The molecule has 6 saturated heterocycles. The van der Waals surface area contributed by atoms with Crippen LogP contribution in [0.15, 0.2) is 170 Å². The summed E-state index contributed by atoms with van der Waals surface area (Å²) in [6.07, 6.45) is 9.15. The van der Waals surface area contributed by atoms with Gasteiger partial charge in [0.1, 0.15) is 17.5 Å². The molecule has 26 heteroatoms. The van der Waals surface area contributed by atoms with E-state index in [0.717, 1.165) is 62.3 Å². The predicted molar refractivity (Wildman–Crippen MR) is 401 cm³/mol. The molecule has 7 N–H and O–H groups in total. The number of hydrogen-bond acceptors (Lipinski definition) is 11. The van der Waals surface area contributed by atoms with Crippen LogP contribution in [-0.4, -0.2) is 124 Å². The first-order chi connectivity index (χ1) is 53.6. The summed E-state index contributed by atoms with van der Waals surface area (Å²) in [5.41, 5.74) is 23.9. The third-order valence-corrected chi connectivity index (χ3v) is 25.0. The number of imide groups is 1. The molecular weight excluding hydrogens is 1480 g/mol. The van der Waals surface area contributed by atoms with E-state index in [2.05, 4.69) is 5.32 Å². The summed E-state index contributed by atoms with van der Waals surface area (Å²) >= 11 is 0. The van der Waals surface area contributed by atoms with Crippen LogP contribution >= 0.6 is 0 Å². The number of nitrogens with one attached hydrogen (secondary N) is 1. The number of amides is 6. The molecule has 0 spiro atoms. The molecule has 6 fully saturated rings. The van der Waals surface area contributed by atoms with Crippen LogP contribution in [-0.2, 0) is 52.7 Å². The fourth-order valence-corrected chi connectivity index (χ4v) is 19.2. The summed E-state index contributed by atoms with van der Waals surface area (Å²) in [4.78, 5) is 85.0. The van der Waals surface area contributed by atoms with Crippen molar-refractivity contribution in [2.75, 3.05) is 5.75 Å². The molecule has 3 unspecified atom stereocenters. The maximum Gasteiger partial charge on any atom is 0.261 e. The standard InChI is InChI=1S/C31H28F3N3O3.C30H30F3N3O2.C25H29F3N2O3S/c32-25-15-27(34)26(33)13-19(25)14-28(35)20-11-21-8-9-22(12-20)37(21)29(38)18-5-3-4-17(10-18)16-36-30(39)23-6-1-2-7-24(23)31(36)40;31-25-16-27(33)26(32)14-21(25)15-28(34)22-12-23-9-10-24(13-22)36(23)30(38)20-8-4-5-18(11-20)17-35-29(37)19-6-2-1-3-7-19;26-21-14-23(28)22(27)12-17(21)13-24(29)18-10-19-6-7-20(11-18)30(19)25(31)8-9-34(32,33)15-16-4-2-1-3-5-16/h1-7,10,13,15,20-22,28H,8-9,11-12,14,16,35H2;1-8,11,14,16,22-24,28H,9-10,12-13,15,17,34H2,(H,35,37);1-5,12,14,18-20,24H,6-11,13,15,29H2/t20?,21-,22+,28-;22?,23-,24+,28-;18?,19-,20+,24-/m111/s1. The molecule has 7 heterocycles. The van der Waals surface area contributed by atoms with Crippen LogP contribution in [0.3, 0.4) is 0 Å². The van der Waals surface area contributed by atoms with E-state index in [1.807, 2.05) is 45.0 Å². The van der Waals surface area contributed by atoms with Crippen LogP contribution in [0.1, 0.15) is 169 Å². The van der Waals surface area contributed by atoms with Gasteiger partial charge in [-0.2, -0.15) is 0 Å². The summed E-state index contributed by atoms with van der Waals surface area (Å²) in [6.45, 7) is 0.372. The maximum atomic E-state index is 14.2. The highest BCUT2D eigenvalue weighted by Crippen LogP contribution is 2.45. The number of nitrogens with two attached hydrogens (primary N) is 3. The molecule has 16 nitrogen and oxygen atoms in total. The number of sulfone groups is 1. The van der Waals surface area contributed by atoms with Gasteiger partial charge in [-0.05, 0) is 214 Å².